The zero-order valence-corrected chi connectivity index (χ0v) is 37.1. The quantitative estimate of drug-likeness (QED) is 0.160. The van der Waals surface area contributed by atoms with E-state index in [-0.39, 0.29) is 5.41 Å². The maximum absolute atomic E-state index is 6.47. The molecule has 0 saturated heterocycles. The van der Waals surface area contributed by atoms with E-state index < -0.39 is 0 Å². The first-order chi connectivity index (χ1) is 32.4. The van der Waals surface area contributed by atoms with Crippen LogP contribution in [0.3, 0.4) is 0 Å². The molecule has 0 N–H and O–H groups in total. The van der Waals surface area contributed by atoms with E-state index in [1.807, 2.05) is 6.07 Å². The molecule has 0 spiro atoms. The topological polar surface area (TPSA) is 29.5 Å². The fraction of sp³-hybridized carbons (Fsp3) is 0.111. The van der Waals surface area contributed by atoms with Crippen LogP contribution in [0, 0.1) is 0 Å². The Morgan fingerprint density at radius 3 is 2.00 bits per heavy atom. The maximum atomic E-state index is 6.47. The number of furan rings is 2. The van der Waals surface area contributed by atoms with Crippen LogP contribution in [0.4, 0.5) is 11.4 Å². The molecule has 0 amide bonds. The third-order valence-electron chi connectivity index (χ3n) is 14.4. The van der Waals surface area contributed by atoms with Crippen LogP contribution in [0.15, 0.2) is 203 Å². The summed E-state index contributed by atoms with van der Waals surface area (Å²) in [6.07, 6.45) is 13.1. The average molecular weight is 850 g/mol. The molecule has 0 bridgehead atoms. The van der Waals surface area contributed by atoms with Gasteiger partial charge in [-0.2, -0.15) is 0 Å². The van der Waals surface area contributed by atoms with Gasteiger partial charge >= 0.3 is 0 Å². The minimum absolute atomic E-state index is 0.0156. The predicted molar refractivity (Wildman–Crippen MR) is 275 cm³/mol. The van der Waals surface area contributed by atoms with E-state index in [9.17, 15) is 0 Å². The molecule has 3 heteroatoms. The van der Waals surface area contributed by atoms with Crippen LogP contribution in [-0.2, 0) is 5.41 Å². The van der Waals surface area contributed by atoms with Crippen molar-refractivity contribution in [2.24, 2.45) is 0 Å². The number of hydrogen-bond acceptors (Lipinski definition) is 3. The van der Waals surface area contributed by atoms with Crippen molar-refractivity contribution in [2.75, 3.05) is 4.90 Å². The molecule has 0 aliphatic heterocycles. The third kappa shape index (κ3) is 6.25. The Hall–Kier alpha value is -7.88. The molecule has 3 aliphatic carbocycles. The van der Waals surface area contributed by atoms with Crippen molar-refractivity contribution in [1.29, 1.82) is 0 Å². The molecule has 3 aliphatic rings. The summed E-state index contributed by atoms with van der Waals surface area (Å²) < 4.78 is 12.8. The lowest BCUT2D eigenvalue weighted by atomic mass is 9.82. The molecule has 0 saturated carbocycles. The molecule has 0 unspecified atom stereocenters. The van der Waals surface area contributed by atoms with Crippen molar-refractivity contribution in [2.45, 2.75) is 44.9 Å². The van der Waals surface area contributed by atoms with E-state index in [0.717, 1.165) is 81.1 Å². The first-order valence-electron chi connectivity index (χ1n) is 23.3. The number of para-hydroxylation sites is 2. The number of rotatable bonds is 7. The van der Waals surface area contributed by atoms with Gasteiger partial charge in [-0.25, -0.2) is 0 Å². The van der Waals surface area contributed by atoms with Gasteiger partial charge in [-0.15, -0.1) is 0 Å². The second-order valence-corrected chi connectivity index (χ2v) is 18.7. The van der Waals surface area contributed by atoms with Crippen LogP contribution in [-0.4, -0.2) is 0 Å². The summed E-state index contributed by atoms with van der Waals surface area (Å²) in [7, 11) is 0. The van der Waals surface area contributed by atoms with E-state index >= 15 is 0 Å². The zero-order chi connectivity index (χ0) is 43.9. The van der Waals surface area contributed by atoms with Gasteiger partial charge in [0, 0.05) is 49.4 Å². The Morgan fingerprint density at radius 2 is 1.14 bits per heavy atom. The molecule has 0 fully saturated rings. The normalized spacial score (nSPS) is 14.8. The molecule has 8 aromatic carbocycles. The van der Waals surface area contributed by atoms with Crippen molar-refractivity contribution in [3.8, 4) is 44.5 Å². The van der Waals surface area contributed by atoms with Crippen LogP contribution < -0.4 is 15.5 Å². The minimum Gasteiger partial charge on any atom is -0.456 e. The summed E-state index contributed by atoms with van der Waals surface area (Å²) >= 11 is 0. The van der Waals surface area contributed by atoms with Crippen molar-refractivity contribution in [1.82, 2.24) is 0 Å². The van der Waals surface area contributed by atoms with Gasteiger partial charge in [0.05, 0.1) is 0 Å². The van der Waals surface area contributed by atoms with E-state index in [1.165, 1.54) is 71.9 Å². The highest BCUT2D eigenvalue weighted by Crippen LogP contribution is 2.50. The van der Waals surface area contributed by atoms with Crippen LogP contribution in [0.25, 0.3) is 95.1 Å². The molecule has 10 aromatic rings. The summed E-state index contributed by atoms with van der Waals surface area (Å²) in [6.45, 7) is 4.68. The Balaban J connectivity index is 0.882. The summed E-state index contributed by atoms with van der Waals surface area (Å²) in [6, 6.07) is 64.5. The van der Waals surface area contributed by atoms with Crippen LogP contribution in [0.1, 0.15) is 56.2 Å². The highest BCUT2D eigenvalue weighted by atomic mass is 16.3. The van der Waals surface area contributed by atoms with Crippen LogP contribution in [0.5, 0.6) is 0 Å². The molecule has 0 radical (unpaired) electrons. The number of benzene rings is 8. The predicted octanol–water partition coefficient (Wildman–Crippen LogP) is 15.9. The standard InChI is InChI=1S/C63H47NO2/c1-63(2)57-21-6-3-16-51(57)56-38-45(29-35-58(56)63)43-13-9-12-42(36-43)44-14-10-15-49(37-44)64(47-30-24-40(25-31-47)46-28-34-54-52-17-4-7-22-59(52)65-61(54)39-46)48-32-26-41(27-33-48)50-19-11-20-55-53-18-5-8-23-60(53)66-62(50)55/h3,5-6,8-24,26-30,32-39H,4,7,25,31H2,1-2H3. The second-order valence-electron chi connectivity index (χ2n) is 18.7. The van der Waals surface area contributed by atoms with Crippen LogP contribution >= 0.6 is 0 Å². The summed E-state index contributed by atoms with van der Waals surface area (Å²) in [5.74, 6) is 0. The Bertz CT molecular complexity index is 3800. The highest BCUT2D eigenvalue weighted by Gasteiger charge is 2.35. The van der Waals surface area contributed by atoms with Gasteiger partial charge in [-0.05, 0) is 154 Å². The first kappa shape index (κ1) is 38.6. The lowest BCUT2D eigenvalue weighted by Gasteiger charge is -2.30. The van der Waals surface area contributed by atoms with Gasteiger partial charge in [0.15, 0.2) is 0 Å². The molecule has 316 valence electrons. The summed E-state index contributed by atoms with van der Waals surface area (Å²) in [5.41, 5.74) is 22.3. The van der Waals surface area contributed by atoms with Crippen molar-refractivity contribution >= 4 is 62.0 Å². The molecule has 13 rings (SSSR count). The third-order valence-corrected chi connectivity index (χ3v) is 14.4. The summed E-state index contributed by atoms with van der Waals surface area (Å²) in [4.78, 5) is 2.45. The first-order valence-corrected chi connectivity index (χ1v) is 23.3. The van der Waals surface area contributed by atoms with Crippen molar-refractivity contribution in [3.63, 3.8) is 0 Å². The van der Waals surface area contributed by atoms with Gasteiger partial charge in [0.2, 0.25) is 0 Å². The number of nitrogens with zero attached hydrogens (tertiary/aromatic N) is 1. The van der Waals surface area contributed by atoms with Crippen LogP contribution in [0.2, 0.25) is 0 Å². The van der Waals surface area contributed by atoms with Crippen molar-refractivity contribution in [3.05, 3.63) is 221 Å². The minimum atomic E-state index is -0.0156. The number of anilines is 2. The molecule has 0 atom stereocenters. The van der Waals surface area contributed by atoms with E-state index in [0.29, 0.717) is 0 Å². The fourth-order valence-electron chi connectivity index (χ4n) is 11.0. The highest BCUT2D eigenvalue weighted by molar-refractivity contribution is 6.09. The monoisotopic (exact) mass is 849 g/mol. The van der Waals surface area contributed by atoms with Gasteiger partial charge < -0.3 is 13.7 Å². The molecule has 66 heavy (non-hydrogen) atoms. The smallest absolute Gasteiger partial charge is 0.143 e. The van der Waals surface area contributed by atoms with Gasteiger partial charge in [-0.1, -0.05) is 147 Å². The fourth-order valence-corrected chi connectivity index (χ4v) is 11.0. The van der Waals surface area contributed by atoms with E-state index in [2.05, 4.69) is 213 Å². The number of hydrogen-bond donors (Lipinski definition) is 0. The van der Waals surface area contributed by atoms with Crippen molar-refractivity contribution < 1.29 is 8.83 Å². The number of fused-ring (bicyclic) bond motifs is 9. The Kier molecular flexibility index (Phi) is 8.83. The lowest BCUT2D eigenvalue weighted by Crippen LogP contribution is -2.21. The number of allylic oxidation sites excluding steroid dienone is 4. The average Bonchev–Trinajstić information content (AvgIpc) is 4.02. The van der Waals surface area contributed by atoms with Gasteiger partial charge in [0.25, 0.3) is 0 Å². The van der Waals surface area contributed by atoms with E-state index in [1.54, 1.807) is 0 Å². The summed E-state index contributed by atoms with van der Waals surface area (Å²) in [5, 5.41) is 4.72. The Labute approximate surface area is 384 Å². The van der Waals surface area contributed by atoms with Gasteiger partial charge in [-0.3, -0.25) is 0 Å². The SMILES string of the molecule is CC1(C)c2ccccc2-c2cc(-c3cccc(-c4cccc(N(C5=CC=C(c6ccc7c8c(oc7c6)=CCCC=8)CC5)c5ccc(-c6cccc7c6oc6ccccc67)cc5)c4)c3)ccc21. The van der Waals surface area contributed by atoms with E-state index in [4.69, 9.17) is 8.83 Å². The molecule has 2 heterocycles. The second kappa shape index (κ2) is 15.1. The lowest BCUT2D eigenvalue weighted by molar-refractivity contribution is 0.571. The van der Waals surface area contributed by atoms with Gasteiger partial charge in [0.1, 0.15) is 22.2 Å². The maximum Gasteiger partial charge on any atom is 0.143 e. The molecular formula is C63H47NO2. The zero-order valence-electron chi connectivity index (χ0n) is 37.1. The largest absolute Gasteiger partial charge is 0.456 e. The Morgan fingerprint density at radius 1 is 0.439 bits per heavy atom. The molecular weight excluding hydrogens is 803 g/mol. The molecule has 2 aromatic heterocycles. The molecule has 3 nitrogen and oxygen atoms in total.